The largest absolute Gasteiger partial charge is 0.484 e. The molecule has 1 aliphatic rings. The molecule has 256 valence electrons. The second-order valence-corrected chi connectivity index (χ2v) is 13.2. The molecule has 7 N–H and O–H groups in total. The Hall–Kier alpha value is -4.17. The molecule has 0 unspecified atom stereocenters. The molecule has 2 aromatic carbocycles. The highest BCUT2D eigenvalue weighted by molar-refractivity contribution is 9.09. The van der Waals surface area contributed by atoms with Crippen molar-refractivity contribution >= 4 is 51.2 Å². The van der Waals surface area contributed by atoms with Gasteiger partial charge in [0.25, 0.3) is 11.8 Å². The number of aliphatic hydroxyl groups excluding tert-OH is 1. The van der Waals surface area contributed by atoms with Crippen molar-refractivity contribution in [3.63, 3.8) is 0 Å². The molecule has 3 rings (SSSR count). The minimum absolute atomic E-state index is 0.0486. The number of aliphatic hydroxyl groups is 1. The Balaban J connectivity index is 1.72. The summed E-state index contributed by atoms with van der Waals surface area (Å²) in [6.45, 7) is 6.06. The fraction of sp³-hybridized carbons (Fsp3) is 0.485. The fourth-order valence-electron chi connectivity index (χ4n) is 5.15. The lowest BCUT2D eigenvalue weighted by atomic mass is 9.99. The topological polar surface area (TPSA) is 192 Å². The van der Waals surface area contributed by atoms with Crippen molar-refractivity contribution in [3.8, 4) is 5.75 Å². The third kappa shape index (κ3) is 12.2. The predicted molar refractivity (Wildman–Crippen MR) is 181 cm³/mol. The number of amides is 5. The first-order valence-electron chi connectivity index (χ1n) is 15.5. The Bertz CT molecular complexity index is 1370. The first-order valence-corrected chi connectivity index (χ1v) is 16.6. The average molecular weight is 718 g/mol. The number of likely N-dealkylation sites (tertiary alicyclic amines) is 1. The molecule has 2 aromatic rings. The molecule has 5 amide bonds. The molecule has 47 heavy (non-hydrogen) atoms. The highest BCUT2D eigenvalue weighted by atomic mass is 79.9. The number of nitrogens with two attached hydrogens (primary N) is 1. The monoisotopic (exact) mass is 716 g/mol. The number of nitrogens with zero attached hydrogens (tertiary/aromatic N) is 1. The standard InChI is InChI=1S/C33H45BrN6O7/c1-33(2,3)39-31(45)26-10-7-17-40(26)32(46)29(43)24(18-21-8-5-4-6-9-21)38-30(44)25(19-27(35)41)37-28(42)20-47-23-13-11-22(12-14-23)36-16-15-34/h4-6,8-9,11-14,24-26,29,36,43H,7,10,15-20H2,1-3H3,(H2,35,41)(H,37,42)(H,38,44)(H,39,45)/t24-,25-,26-,29-/m0/s1. The molecule has 0 spiro atoms. The molecule has 0 aliphatic carbocycles. The molecule has 1 saturated heterocycles. The first kappa shape index (κ1) is 37.3. The first-order chi connectivity index (χ1) is 22.3. The van der Waals surface area contributed by atoms with Crippen molar-refractivity contribution in [1.82, 2.24) is 20.9 Å². The zero-order chi connectivity index (χ0) is 34.6. The van der Waals surface area contributed by atoms with Gasteiger partial charge in [0.2, 0.25) is 17.7 Å². The van der Waals surface area contributed by atoms with Crippen molar-refractivity contribution in [2.75, 3.05) is 30.3 Å². The van der Waals surface area contributed by atoms with Crippen LogP contribution in [0, 0.1) is 0 Å². The normalized spacial score (nSPS) is 16.4. The van der Waals surface area contributed by atoms with E-state index in [1.807, 2.05) is 20.8 Å². The minimum atomic E-state index is -1.73. The molecule has 1 aliphatic heterocycles. The van der Waals surface area contributed by atoms with Crippen LogP contribution in [0.2, 0.25) is 0 Å². The van der Waals surface area contributed by atoms with Crippen LogP contribution < -0.4 is 31.7 Å². The maximum absolute atomic E-state index is 13.6. The van der Waals surface area contributed by atoms with E-state index in [0.717, 1.165) is 17.6 Å². The summed E-state index contributed by atoms with van der Waals surface area (Å²) in [6.07, 6.45) is -1.21. The summed E-state index contributed by atoms with van der Waals surface area (Å²) < 4.78 is 5.54. The summed E-state index contributed by atoms with van der Waals surface area (Å²) in [5.74, 6) is -2.98. The van der Waals surface area contributed by atoms with Crippen molar-refractivity contribution < 1.29 is 33.8 Å². The van der Waals surface area contributed by atoms with Gasteiger partial charge in [-0.05, 0) is 69.9 Å². The Morgan fingerprint density at radius 1 is 1.04 bits per heavy atom. The van der Waals surface area contributed by atoms with Gasteiger partial charge in [0, 0.05) is 29.6 Å². The third-order valence-corrected chi connectivity index (χ3v) is 7.70. The number of primary amides is 1. The van der Waals surface area contributed by atoms with Gasteiger partial charge in [-0.2, -0.15) is 0 Å². The number of anilines is 1. The molecule has 1 heterocycles. The highest BCUT2D eigenvalue weighted by Crippen LogP contribution is 2.21. The van der Waals surface area contributed by atoms with Gasteiger partial charge in [0.15, 0.2) is 12.7 Å². The zero-order valence-corrected chi connectivity index (χ0v) is 28.5. The van der Waals surface area contributed by atoms with E-state index in [2.05, 4.69) is 37.2 Å². The van der Waals surface area contributed by atoms with Gasteiger partial charge in [-0.25, -0.2) is 0 Å². The molecular formula is C33H45BrN6O7. The molecular weight excluding hydrogens is 672 g/mol. The number of benzene rings is 2. The van der Waals surface area contributed by atoms with Crippen LogP contribution in [0.15, 0.2) is 54.6 Å². The lowest BCUT2D eigenvalue weighted by Gasteiger charge is -2.32. The van der Waals surface area contributed by atoms with Crippen LogP contribution in [-0.4, -0.2) is 94.3 Å². The third-order valence-electron chi connectivity index (χ3n) is 7.30. The zero-order valence-electron chi connectivity index (χ0n) is 27.0. The molecule has 0 bridgehead atoms. The SMILES string of the molecule is CC(C)(C)NC(=O)[C@@H]1CCCN1C(=O)[C@@H](O)[C@H](Cc1ccccc1)NC(=O)[C@H](CC(N)=O)NC(=O)COc1ccc(NCCBr)cc1. The van der Waals surface area contributed by atoms with E-state index in [9.17, 15) is 29.1 Å². The average Bonchev–Trinajstić information content (AvgIpc) is 3.52. The van der Waals surface area contributed by atoms with E-state index < -0.39 is 66.4 Å². The Labute approximate surface area is 283 Å². The maximum Gasteiger partial charge on any atom is 0.258 e. The highest BCUT2D eigenvalue weighted by Gasteiger charge is 2.40. The number of alkyl halides is 1. The van der Waals surface area contributed by atoms with Gasteiger partial charge >= 0.3 is 0 Å². The van der Waals surface area contributed by atoms with Gasteiger partial charge in [0.1, 0.15) is 17.8 Å². The van der Waals surface area contributed by atoms with Crippen molar-refractivity contribution in [1.29, 1.82) is 0 Å². The van der Waals surface area contributed by atoms with Crippen LogP contribution in [0.1, 0.15) is 45.6 Å². The molecule has 13 nitrogen and oxygen atoms in total. The van der Waals surface area contributed by atoms with Crippen LogP contribution in [-0.2, 0) is 30.4 Å². The number of rotatable bonds is 16. The van der Waals surface area contributed by atoms with E-state index in [-0.39, 0.29) is 18.9 Å². The van der Waals surface area contributed by atoms with Crippen molar-refractivity contribution in [2.24, 2.45) is 5.73 Å². The van der Waals surface area contributed by atoms with Gasteiger partial charge in [-0.1, -0.05) is 46.3 Å². The second-order valence-electron chi connectivity index (χ2n) is 12.4. The van der Waals surface area contributed by atoms with Crippen molar-refractivity contribution in [3.05, 3.63) is 60.2 Å². The van der Waals surface area contributed by atoms with E-state index in [0.29, 0.717) is 24.2 Å². The number of hydrogen-bond acceptors (Lipinski definition) is 8. The molecule has 0 radical (unpaired) electrons. The number of ether oxygens (including phenoxy) is 1. The number of carbonyl (C=O) groups is 5. The molecule has 0 aromatic heterocycles. The van der Waals surface area contributed by atoms with Gasteiger partial charge < -0.3 is 41.7 Å². The van der Waals surface area contributed by atoms with Crippen molar-refractivity contribution in [2.45, 2.75) is 76.2 Å². The van der Waals surface area contributed by atoms with Gasteiger partial charge in [-0.3, -0.25) is 24.0 Å². The Morgan fingerprint density at radius 3 is 2.34 bits per heavy atom. The molecule has 1 fully saturated rings. The van der Waals surface area contributed by atoms with Crippen LogP contribution in [0.25, 0.3) is 0 Å². The molecule has 14 heteroatoms. The lowest BCUT2D eigenvalue weighted by Crippen LogP contribution is -2.59. The summed E-state index contributed by atoms with van der Waals surface area (Å²) in [5.41, 5.74) is 6.46. The fourth-order valence-corrected chi connectivity index (χ4v) is 5.35. The summed E-state index contributed by atoms with van der Waals surface area (Å²) in [6, 6.07) is 12.5. The second kappa shape index (κ2) is 17.7. The van der Waals surface area contributed by atoms with E-state index in [4.69, 9.17) is 10.5 Å². The Morgan fingerprint density at radius 2 is 1.72 bits per heavy atom. The predicted octanol–water partition coefficient (Wildman–Crippen LogP) is 1.23. The van der Waals surface area contributed by atoms with E-state index >= 15 is 0 Å². The summed E-state index contributed by atoms with van der Waals surface area (Å²) in [5, 5.41) is 23.3. The minimum Gasteiger partial charge on any atom is -0.484 e. The summed E-state index contributed by atoms with van der Waals surface area (Å²) in [4.78, 5) is 66.1. The maximum atomic E-state index is 13.6. The Kier molecular flexibility index (Phi) is 14.0. The van der Waals surface area contributed by atoms with Gasteiger partial charge in [0.05, 0.1) is 12.5 Å². The van der Waals surface area contributed by atoms with E-state index in [1.54, 1.807) is 54.6 Å². The van der Waals surface area contributed by atoms with Crippen LogP contribution in [0.5, 0.6) is 5.75 Å². The quantitative estimate of drug-likeness (QED) is 0.140. The summed E-state index contributed by atoms with van der Waals surface area (Å²) in [7, 11) is 0. The molecule has 4 atom stereocenters. The number of carbonyl (C=O) groups excluding carboxylic acids is 5. The van der Waals surface area contributed by atoms with E-state index in [1.165, 1.54) is 4.90 Å². The number of hydrogen-bond donors (Lipinski definition) is 6. The smallest absolute Gasteiger partial charge is 0.258 e. The van der Waals surface area contributed by atoms with Gasteiger partial charge in [-0.15, -0.1) is 0 Å². The number of halogens is 1. The summed E-state index contributed by atoms with van der Waals surface area (Å²) >= 11 is 3.34. The van der Waals surface area contributed by atoms with Crippen LogP contribution >= 0.6 is 15.9 Å². The van der Waals surface area contributed by atoms with Crippen LogP contribution in [0.4, 0.5) is 5.69 Å². The lowest BCUT2D eigenvalue weighted by molar-refractivity contribution is -0.147. The molecule has 0 saturated carbocycles. The van der Waals surface area contributed by atoms with Crippen LogP contribution in [0.3, 0.4) is 0 Å². The number of nitrogens with one attached hydrogen (secondary N) is 4.